The van der Waals surface area contributed by atoms with Crippen LogP contribution >= 0.6 is 34.8 Å². The lowest BCUT2D eigenvalue weighted by Crippen LogP contribution is -2.42. The summed E-state index contributed by atoms with van der Waals surface area (Å²) in [6.07, 6.45) is 5.09. The summed E-state index contributed by atoms with van der Waals surface area (Å²) < 4.78 is 52.5. The van der Waals surface area contributed by atoms with Gasteiger partial charge in [-0.05, 0) is 88.2 Å². The fourth-order valence-electron chi connectivity index (χ4n) is 4.44. The first-order valence-electron chi connectivity index (χ1n) is 11.6. The first-order chi connectivity index (χ1) is 16.4. The Hall–Kier alpha value is -1.03. The average molecular weight is 582 g/mol. The van der Waals surface area contributed by atoms with Gasteiger partial charge in [-0.3, -0.25) is 4.31 Å². The molecule has 2 aromatic carbocycles. The standard InChI is InChI=1S/C24H31Cl3N2O4S2/c1-18(6-3-4-14-28-15-5-7-22(17-28)34(2,30)31)29(24-16-20(26)10-13-23(24)27)35(32,33)21-11-8-19(25)9-12-21/h8-13,16,18,22H,3-7,14-15,17H2,1-2H3/t18-,22?/m1/s1. The fourth-order valence-corrected chi connectivity index (χ4v) is 7.76. The zero-order valence-corrected chi connectivity index (χ0v) is 23.7. The largest absolute Gasteiger partial charge is 0.302 e. The molecular weight excluding hydrogens is 551 g/mol. The predicted molar refractivity (Wildman–Crippen MR) is 145 cm³/mol. The third kappa shape index (κ3) is 7.49. The van der Waals surface area contributed by atoms with E-state index in [1.165, 1.54) is 22.7 Å². The number of hydrogen-bond acceptors (Lipinski definition) is 5. The quantitative estimate of drug-likeness (QED) is 0.326. The first-order valence-corrected chi connectivity index (χ1v) is 16.1. The molecule has 0 N–H and O–H groups in total. The molecule has 1 unspecified atom stereocenters. The highest BCUT2D eigenvalue weighted by atomic mass is 35.5. The van der Waals surface area contributed by atoms with Gasteiger partial charge >= 0.3 is 0 Å². The summed E-state index contributed by atoms with van der Waals surface area (Å²) in [7, 11) is -6.98. The summed E-state index contributed by atoms with van der Waals surface area (Å²) in [6.45, 7) is 4.08. The van der Waals surface area contributed by atoms with Gasteiger partial charge in [0, 0.05) is 28.9 Å². The normalized spacial score (nSPS) is 18.4. The van der Waals surface area contributed by atoms with Crippen LogP contribution in [0.15, 0.2) is 47.4 Å². The van der Waals surface area contributed by atoms with Crippen LogP contribution in [0.1, 0.15) is 39.0 Å². The Morgan fingerprint density at radius 2 is 1.66 bits per heavy atom. The number of nitrogens with zero attached hydrogens (tertiary/aromatic N) is 2. The van der Waals surface area contributed by atoms with Crippen molar-refractivity contribution < 1.29 is 16.8 Å². The van der Waals surface area contributed by atoms with Crippen LogP contribution in [-0.2, 0) is 19.9 Å². The number of sulfone groups is 1. The predicted octanol–water partition coefficient (Wildman–Crippen LogP) is 5.91. The highest BCUT2D eigenvalue weighted by Gasteiger charge is 2.31. The lowest BCUT2D eigenvalue weighted by Gasteiger charge is -2.33. The van der Waals surface area contributed by atoms with Crippen LogP contribution in [0.2, 0.25) is 15.1 Å². The van der Waals surface area contributed by atoms with E-state index >= 15 is 0 Å². The van der Waals surface area contributed by atoms with Crippen LogP contribution in [0.25, 0.3) is 0 Å². The van der Waals surface area contributed by atoms with Gasteiger partial charge < -0.3 is 4.90 Å². The third-order valence-corrected chi connectivity index (χ3v) is 10.7. The highest BCUT2D eigenvalue weighted by Crippen LogP contribution is 2.35. The van der Waals surface area contributed by atoms with Crippen LogP contribution in [0.3, 0.4) is 0 Å². The van der Waals surface area contributed by atoms with Crippen LogP contribution in [0.4, 0.5) is 5.69 Å². The molecule has 0 bridgehead atoms. The Labute approximate surface area is 224 Å². The number of anilines is 1. The maximum absolute atomic E-state index is 13.7. The van der Waals surface area contributed by atoms with E-state index in [9.17, 15) is 16.8 Å². The van der Waals surface area contributed by atoms with Gasteiger partial charge in [0.15, 0.2) is 9.84 Å². The van der Waals surface area contributed by atoms with Crippen LogP contribution in [-0.4, -0.2) is 58.9 Å². The Morgan fingerprint density at radius 3 is 2.31 bits per heavy atom. The van der Waals surface area contributed by atoms with Crippen molar-refractivity contribution in [2.24, 2.45) is 0 Å². The zero-order valence-electron chi connectivity index (χ0n) is 19.8. The number of sulfonamides is 1. The topological polar surface area (TPSA) is 74.8 Å². The van der Waals surface area contributed by atoms with Crippen molar-refractivity contribution in [3.8, 4) is 0 Å². The molecular formula is C24H31Cl3N2O4S2. The molecule has 1 fully saturated rings. The summed E-state index contributed by atoms with van der Waals surface area (Å²) >= 11 is 18.6. The van der Waals surface area contributed by atoms with E-state index in [1.54, 1.807) is 30.3 Å². The van der Waals surface area contributed by atoms with Crippen LogP contribution in [0.5, 0.6) is 0 Å². The van der Waals surface area contributed by atoms with Crippen LogP contribution in [0, 0.1) is 0 Å². The zero-order chi connectivity index (χ0) is 25.8. The fraction of sp³-hybridized carbons (Fsp3) is 0.500. The molecule has 2 aromatic rings. The molecule has 0 radical (unpaired) electrons. The van der Waals surface area contributed by atoms with Gasteiger partial charge in [-0.1, -0.05) is 41.2 Å². The second kappa shape index (κ2) is 12.0. The van der Waals surface area contributed by atoms with Crippen molar-refractivity contribution in [2.45, 2.75) is 55.2 Å². The van der Waals surface area contributed by atoms with E-state index in [0.29, 0.717) is 40.1 Å². The number of piperidine rings is 1. The lowest BCUT2D eigenvalue weighted by molar-refractivity contribution is 0.225. The Kier molecular flexibility index (Phi) is 9.79. The molecule has 11 heteroatoms. The molecule has 1 saturated heterocycles. The summed E-state index contributed by atoms with van der Waals surface area (Å²) in [5, 5.41) is 0.817. The van der Waals surface area contributed by atoms with Crippen LogP contribution < -0.4 is 4.31 Å². The van der Waals surface area contributed by atoms with Crippen molar-refractivity contribution in [2.75, 3.05) is 30.2 Å². The molecule has 194 valence electrons. The minimum absolute atomic E-state index is 0.116. The molecule has 0 aromatic heterocycles. The van der Waals surface area contributed by atoms with Crippen molar-refractivity contribution in [3.63, 3.8) is 0 Å². The molecule has 3 rings (SSSR count). The lowest BCUT2D eigenvalue weighted by atomic mass is 10.1. The average Bonchev–Trinajstić information content (AvgIpc) is 2.79. The van der Waals surface area contributed by atoms with Crippen molar-refractivity contribution in [3.05, 3.63) is 57.5 Å². The monoisotopic (exact) mass is 580 g/mol. The molecule has 0 saturated carbocycles. The SMILES string of the molecule is C[C@H](CCCCN1CCCC(S(C)(=O)=O)C1)N(c1cc(Cl)ccc1Cl)S(=O)(=O)c1ccc(Cl)cc1. The Morgan fingerprint density at radius 1 is 1.00 bits per heavy atom. The van der Waals surface area contributed by atoms with Crippen molar-refractivity contribution >= 4 is 60.4 Å². The molecule has 1 heterocycles. The minimum Gasteiger partial charge on any atom is -0.302 e. The molecule has 6 nitrogen and oxygen atoms in total. The van der Waals surface area contributed by atoms with Crippen molar-refractivity contribution in [1.29, 1.82) is 0 Å². The molecule has 0 amide bonds. The van der Waals surface area contributed by atoms with E-state index in [4.69, 9.17) is 34.8 Å². The van der Waals surface area contributed by atoms with Gasteiger partial charge in [-0.15, -0.1) is 0 Å². The Balaban J connectivity index is 1.73. The maximum Gasteiger partial charge on any atom is 0.264 e. The van der Waals surface area contributed by atoms with Gasteiger partial charge in [0.05, 0.1) is 20.9 Å². The molecule has 2 atom stereocenters. The minimum atomic E-state index is -3.94. The molecule has 0 aliphatic carbocycles. The molecule has 35 heavy (non-hydrogen) atoms. The molecule has 1 aliphatic heterocycles. The number of likely N-dealkylation sites (tertiary alicyclic amines) is 1. The smallest absolute Gasteiger partial charge is 0.264 e. The summed E-state index contributed by atoms with van der Waals surface area (Å²) in [4.78, 5) is 2.31. The molecule has 1 aliphatic rings. The van der Waals surface area contributed by atoms with Gasteiger partial charge in [0.1, 0.15) is 0 Å². The number of benzene rings is 2. The first kappa shape index (κ1) is 28.5. The summed E-state index contributed by atoms with van der Waals surface area (Å²) in [5.74, 6) is 0. The number of unbranched alkanes of at least 4 members (excludes halogenated alkanes) is 1. The Bertz CT molecular complexity index is 1220. The van der Waals surface area contributed by atoms with Gasteiger partial charge in [-0.25, -0.2) is 16.8 Å². The number of hydrogen-bond donors (Lipinski definition) is 0. The van der Waals surface area contributed by atoms with E-state index < -0.39 is 25.9 Å². The van der Waals surface area contributed by atoms with Gasteiger partial charge in [0.25, 0.3) is 10.0 Å². The van der Waals surface area contributed by atoms with Crippen molar-refractivity contribution in [1.82, 2.24) is 4.90 Å². The van der Waals surface area contributed by atoms with E-state index in [1.807, 2.05) is 6.92 Å². The van der Waals surface area contributed by atoms with Gasteiger partial charge in [-0.2, -0.15) is 0 Å². The summed E-state index contributed by atoms with van der Waals surface area (Å²) in [5.41, 5.74) is 0.327. The van der Waals surface area contributed by atoms with E-state index in [-0.39, 0.29) is 10.1 Å². The number of rotatable bonds is 10. The second-order valence-corrected chi connectivity index (χ2v) is 14.5. The van der Waals surface area contributed by atoms with Gasteiger partial charge in [0.2, 0.25) is 0 Å². The maximum atomic E-state index is 13.7. The second-order valence-electron chi connectivity index (χ2n) is 9.09. The van der Waals surface area contributed by atoms with E-state index in [2.05, 4.69) is 4.90 Å². The summed E-state index contributed by atoms with van der Waals surface area (Å²) in [6, 6.07) is 10.4. The third-order valence-electron chi connectivity index (χ3n) is 6.33. The number of halogens is 3. The van der Waals surface area contributed by atoms with E-state index in [0.717, 1.165) is 32.4 Å². The molecule has 0 spiro atoms. The highest BCUT2D eigenvalue weighted by molar-refractivity contribution is 7.93.